The first-order valence-electron chi connectivity index (χ1n) is 9.35. The fourth-order valence-corrected chi connectivity index (χ4v) is 3.99. The summed E-state index contributed by atoms with van der Waals surface area (Å²) in [6.07, 6.45) is 0.990. The summed E-state index contributed by atoms with van der Waals surface area (Å²) in [5.41, 5.74) is -0.424. The van der Waals surface area contributed by atoms with Crippen LogP contribution in [-0.4, -0.2) is 40.5 Å². The molecule has 1 atom stereocenters. The zero-order valence-electron chi connectivity index (χ0n) is 16.6. The lowest BCUT2D eigenvalue weighted by atomic mass is 9.92. The van der Waals surface area contributed by atoms with Gasteiger partial charge in [0.25, 0.3) is 17.7 Å². The summed E-state index contributed by atoms with van der Waals surface area (Å²) in [7, 11) is 0. The topological polar surface area (TPSA) is 113 Å². The Labute approximate surface area is 177 Å². The Hall–Kier alpha value is -3.33. The number of nitrogens with one attached hydrogen (secondary N) is 2. The molecule has 1 aliphatic heterocycles. The smallest absolute Gasteiger partial charge is 0.265 e. The molecule has 1 aromatic heterocycles. The minimum atomic E-state index is -1.49. The minimum Gasteiger partial charge on any atom is -0.321 e. The summed E-state index contributed by atoms with van der Waals surface area (Å²) < 4.78 is 0. The SMILES string of the molecule is Cc1c(NC(=O)c2cccs2)cccc1C(=O)N(C=O)C1(C)CCCC(=O)NC1=O. The Morgan fingerprint density at radius 2 is 2.00 bits per heavy atom. The average Bonchev–Trinajstić information content (AvgIpc) is 3.20. The van der Waals surface area contributed by atoms with E-state index in [0.717, 1.165) is 4.90 Å². The van der Waals surface area contributed by atoms with E-state index in [1.165, 1.54) is 24.3 Å². The van der Waals surface area contributed by atoms with Crippen molar-refractivity contribution in [1.29, 1.82) is 0 Å². The molecule has 0 spiro atoms. The largest absolute Gasteiger partial charge is 0.321 e. The number of carbonyl (C=O) groups excluding carboxylic acids is 5. The number of thiophene rings is 1. The molecule has 2 heterocycles. The number of rotatable bonds is 5. The van der Waals surface area contributed by atoms with Gasteiger partial charge in [-0.25, -0.2) is 0 Å². The van der Waals surface area contributed by atoms with Crippen LogP contribution >= 0.6 is 11.3 Å². The summed E-state index contributed by atoms with van der Waals surface area (Å²) in [6, 6.07) is 8.22. The van der Waals surface area contributed by atoms with Crippen molar-refractivity contribution < 1.29 is 24.0 Å². The second-order valence-corrected chi connectivity index (χ2v) is 8.14. The van der Waals surface area contributed by atoms with Gasteiger partial charge in [0.15, 0.2) is 0 Å². The third-order valence-electron chi connectivity index (χ3n) is 5.22. The van der Waals surface area contributed by atoms with Gasteiger partial charge in [-0.05, 0) is 55.8 Å². The van der Waals surface area contributed by atoms with Gasteiger partial charge in [0, 0.05) is 17.7 Å². The molecule has 3 rings (SSSR count). The van der Waals surface area contributed by atoms with Crippen LogP contribution in [0.5, 0.6) is 0 Å². The van der Waals surface area contributed by atoms with Crippen LogP contribution in [0, 0.1) is 6.92 Å². The van der Waals surface area contributed by atoms with Gasteiger partial charge in [-0.3, -0.25) is 34.2 Å². The Kier molecular flexibility index (Phi) is 6.12. The molecule has 156 valence electrons. The number of nitrogens with zero attached hydrogens (tertiary/aromatic N) is 1. The summed E-state index contributed by atoms with van der Waals surface area (Å²) in [5, 5.41) is 6.79. The highest BCUT2D eigenvalue weighted by molar-refractivity contribution is 7.12. The predicted octanol–water partition coefficient (Wildman–Crippen LogP) is 2.49. The second-order valence-electron chi connectivity index (χ2n) is 7.19. The zero-order chi connectivity index (χ0) is 21.9. The van der Waals surface area contributed by atoms with Crippen LogP contribution in [0.25, 0.3) is 0 Å². The van der Waals surface area contributed by atoms with Crippen LogP contribution in [-0.2, 0) is 14.4 Å². The van der Waals surface area contributed by atoms with E-state index >= 15 is 0 Å². The first-order chi connectivity index (χ1) is 14.3. The number of amides is 5. The van der Waals surface area contributed by atoms with Gasteiger partial charge in [-0.15, -0.1) is 11.3 Å². The molecular formula is C21H21N3O5S. The number of imide groups is 2. The molecule has 1 saturated heterocycles. The van der Waals surface area contributed by atoms with E-state index in [1.807, 2.05) is 0 Å². The van der Waals surface area contributed by atoms with Crippen molar-refractivity contribution in [2.24, 2.45) is 0 Å². The van der Waals surface area contributed by atoms with Crippen molar-refractivity contribution in [2.75, 3.05) is 5.32 Å². The predicted molar refractivity (Wildman–Crippen MR) is 111 cm³/mol. The number of hydrogen-bond acceptors (Lipinski definition) is 6. The van der Waals surface area contributed by atoms with Crippen LogP contribution in [0.1, 0.15) is 51.8 Å². The molecule has 9 heteroatoms. The van der Waals surface area contributed by atoms with Gasteiger partial charge in [-0.1, -0.05) is 12.1 Å². The fraction of sp³-hybridized carbons (Fsp3) is 0.286. The Balaban J connectivity index is 1.91. The number of anilines is 1. The first-order valence-corrected chi connectivity index (χ1v) is 10.2. The maximum atomic E-state index is 13.2. The standard InChI is InChI=1S/C21H21N3O5S/c1-13-14(6-3-7-15(13)22-18(27)16-8-5-11-30-16)19(28)24(12-25)21(2)10-4-9-17(26)23-20(21)29/h3,5-8,11-12H,4,9-10H2,1-2H3,(H,22,27)(H,23,26,29). The van der Waals surface area contributed by atoms with Gasteiger partial charge in [0.05, 0.1) is 4.88 Å². The van der Waals surface area contributed by atoms with Gasteiger partial charge in [0.2, 0.25) is 12.3 Å². The van der Waals surface area contributed by atoms with Crippen molar-refractivity contribution in [2.45, 2.75) is 38.6 Å². The molecule has 30 heavy (non-hydrogen) atoms. The van der Waals surface area contributed by atoms with E-state index in [2.05, 4.69) is 10.6 Å². The van der Waals surface area contributed by atoms with E-state index in [4.69, 9.17) is 0 Å². The van der Waals surface area contributed by atoms with E-state index in [0.29, 0.717) is 29.0 Å². The molecule has 0 aliphatic carbocycles. The van der Waals surface area contributed by atoms with Crippen molar-refractivity contribution in [3.05, 3.63) is 51.7 Å². The zero-order valence-corrected chi connectivity index (χ0v) is 17.4. The average molecular weight is 427 g/mol. The van der Waals surface area contributed by atoms with E-state index in [1.54, 1.807) is 36.6 Å². The van der Waals surface area contributed by atoms with Gasteiger partial charge >= 0.3 is 0 Å². The molecule has 1 aliphatic rings. The molecule has 0 bridgehead atoms. The van der Waals surface area contributed by atoms with Crippen molar-refractivity contribution >= 4 is 47.1 Å². The number of hydrogen-bond donors (Lipinski definition) is 2. The maximum absolute atomic E-state index is 13.2. The highest BCUT2D eigenvalue weighted by Gasteiger charge is 2.44. The van der Waals surface area contributed by atoms with E-state index in [-0.39, 0.29) is 24.3 Å². The lowest BCUT2D eigenvalue weighted by Crippen LogP contribution is -2.58. The molecule has 1 fully saturated rings. The summed E-state index contributed by atoms with van der Waals surface area (Å²) >= 11 is 1.29. The summed E-state index contributed by atoms with van der Waals surface area (Å²) in [5.74, 6) is -2.11. The van der Waals surface area contributed by atoms with Gasteiger partial charge < -0.3 is 5.32 Å². The van der Waals surface area contributed by atoms with Gasteiger partial charge in [0.1, 0.15) is 5.54 Å². The first kappa shape index (κ1) is 21.4. The molecular weight excluding hydrogens is 406 g/mol. The van der Waals surface area contributed by atoms with Crippen LogP contribution in [0.3, 0.4) is 0 Å². The molecule has 1 unspecified atom stereocenters. The van der Waals surface area contributed by atoms with Gasteiger partial charge in [-0.2, -0.15) is 0 Å². The minimum absolute atomic E-state index is 0.144. The normalized spacial score (nSPS) is 18.9. The Morgan fingerprint density at radius 1 is 1.23 bits per heavy atom. The maximum Gasteiger partial charge on any atom is 0.265 e. The van der Waals surface area contributed by atoms with E-state index in [9.17, 15) is 24.0 Å². The number of benzene rings is 1. The molecule has 0 radical (unpaired) electrons. The lowest BCUT2D eigenvalue weighted by molar-refractivity contribution is -0.139. The lowest BCUT2D eigenvalue weighted by Gasteiger charge is -2.35. The number of carbonyl (C=O) groups is 5. The molecule has 0 saturated carbocycles. The quantitative estimate of drug-likeness (QED) is 0.562. The van der Waals surface area contributed by atoms with E-state index < -0.39 is 23.3 Å². The monoisotopic (exact) mass is 427 g/mol. The Morgan fingerprint density at radius 3 is 2.67 bits per heavy atom. The third kappa shape index (κ3) is 4.02. The third-order valence-corrected chi connectivity index (χ3v) is 6.09. The van der Waals surface area contributed by atoms with Crippen LogP contribution in [0.4, 0.5) is 5.69 Å². The molecule has 1 aromatic carbocycles. The second kappa shape index (κ2) is 8.58. The van der Waals surface area contributed by atoms with Crippen LogP contribution < -0.4 is 10.6 Å². The molecule has 8 nitrogen and oxygen atoms in total. The highest BCUT2D eigenvalue weighted by Crippen LogP contribution is 2.28. The summed E-state index contributed by atoms with van der Waals surface area (Å²) in [4.78, 5) is 63.1. The van der Waals surface area contributed by atoms with Crippen molar-refractivity contribution in [1.82, 2.24) is 10.2 Å². The molecule has 2 N–H and O–H groups in total. The van der Waals surface area contributed by atoms with Crippen molar-refractivity contribution in [3.8, 4) is 0 Å². The van der Waals surface area contributed by atoms with Crippen LogP contribution in [0.15, 0.2) is 35.7 Å². The summed E-state index contributed by atoms with van der Waals surface area (Å²) in [6.45, 7) is 3.12. The molecule has 2 aromatic rings. The Bertz CT molecular complexity index is 1020. The van der Waals surface area contributed by atoms with Crippen molar-refractivity contribution in [3.63, 3.8) is 0 Å². The highest BCUT2D eigenvalue weighted by atomic mass is 32.1. The molecule has 5 amide bonds. The fourth-order valence-electron chi connectivity index (χ4n) is 3.37. The van der Waals surface area contributed by atoms with Crippen LogP contribution in [0.2, 0.25) is 0 Å².